The molecule has 1 N–H and O–H groups in total. The number of carbonyl (C=O) groups excluding carboxylic acids is 3. The molecule has 0 spiro atoms. The maximum absolute atomic E-state index is 15.0. The largest absolute Gasteiger partial charge is 0.325 e. The molecule has 0 aliphatic carbocycles. The van der Waals surface area contributed by atoms with E-state index in [0.717, 1.165) is 0 Å². The van der Waals surface area contributed by atoms with Gasteiger partial charge in [-0.1, -0.05) is 12.1 Å². The minimum absolute atomic E-state index is 0.0688. The van der Waals surface area contributed by atoms with Crippen LogP contribution >= 0.6 is 27.3 Å². The van der Waals surface area contributed by atoms with Crippen molar-refractivity contribution in [3.8, 4) is 21.6 Å². The third kappa shape index (κ3) is 4.11. The molecule has 1 fully saturated rings. The lowest BCUT2D eigenvalue weighted by Gasteiger charge is -2.28. The molecule has 2 heterocycles. The Bertz CT molecular complexity index is 1320. The van der Waals surface area contributed by atoms with E-state index < -0.39 is 29.1 Å². The number of amides is 3. The number of rotatable bonds is 5. The van der Waals surface area contributed by atoms with Crippen molar-refractivity contribution in [2.24, 2.45) is 0 Å². The first-order valence-electron chi connectivity index (χ1n) is 10.0. The summed E-state index contributed by atoms with van der Waals surface area (Å²) in [5.74, 6) is -1.54. The lowest BCUT2D eigenvalue weighted by atomic mass is 9.98. The first-order chi connectivity index (χ1) is 15.5. The van der Waals surface area contributed by atoms with Gasteiger partial charge in [-0.25, -0.2) is 13.6 Å². The van der Waals surface area contributed by atoms with Gasteiger partial charge in [-0.3, -0.25) is 14.9 Å². The molecule has 1 saturated heterocycles. The van der Waals surface area contributed by atoms with E-state index in [2.05, 4.69) is 21.2 Å². The number of hydrogen-bond acceptors (Lipinski definition) is 4. The van der Waals surface area contributed by atoms with Crippen LogP contribution in [0.3, 0.4) is 0 Å². The van der Waals surface area contributed by atoms with E-state index >= 15 is 0 Å². The molecule has 33 heavy (non-hydrogen) atoms. The Labute approximate surface area is 201 Å². The fraction of sp³-hybridized carbons (Fsp3) is 0.208. The van der Waals surface area contributed by atoms with Crippen LogP contribution in [0.2, 0.25) is 0 Å². The number of thiophene rings is 1. The fourth-order valence-electron chi connectivity index (χ4n) is 3.66. The summed E-state index contributed by atoms with van der Waals surface area (Å²) < 4.78 is 30.0. The van der Waals surface area contributed by atoms with Crippen LogP contribution in [0.5, 0.6) is 0 Å². The van der Waals surface area contributed by atoms with Crippen LogP contribution in [0.25, 0.3) is 21.6 Å². The molecule has 0 atom stereocenters. The van der Waals surface area contributed by atoms with E-state index in [1.54, 1.807) is 26.0 Å². The summed E-state index contributed by atoms with van der Waals surface area (Å²) >= 11 is 4.62. The molecule has 0 radical (unpaired) electrons. The van der Waals surface area contributed by atoms with Crippen LogP contribution in [0.15, 0.2) is 46.9 Å². The topological polar surface area (TPSA) is 66.5 Å². The first-order valence-corrected chi connectivity index (χ1v) is 11.6. The summed E-state index contributed by atoms with van der Waals surface area (Å²) in [6.45, 7) is 4.78. The lowest BCUT2D eigenvalue weighted by Crippen LogP contribution is -2.43. The molecule has 3 aromatic rings. The summed E-state index contributed by atoms with van der Waals surface area (Å²) in [6.07, 6.45) is 0. The number of hydrogen-bond donors (Lipinski definition) is 1. The molecule has 170 valence electrons. The molecule has 4 rings (SSSR count). The standard InChI is InChI=1S/C24H19BrF2N2O3S/c1-12(30)18-8-9-19(33-18)15-10-13(4-6-16(15)26)20-17(27)7-5-14(21(20)25)11-29-23(32)28-22(31)24(29,2)3/h4-10H,11H2,1-3H3,(H,28,31,32). The zero-order valence-corrected chi connectivity index (χ0v) is 20.4. The zero-order valence-electron chi connectivity index (χ0n) is 18.0. The molecular weight excluding hydrogens is 514 g/mol. The van der Waals surface area contributed by atoms with Crippen LogP contribution < -0.4 is 5.32 Å². The number of Topliss-reactive ketones (excluding diaryl/α,β-unsaturated/α-hetero) is 1. The number of carbonyl (C=O) groups is 3. The van der Waals surface area contributed by atoms with Crippen LogP contribution in [-0.4, -0.2) is 28.2 Å². The second-order valence-electron chi connectivity index (χ2n) is 8.21. The van der Waals surface area contributed by atoms with Crippen LogP contribution in [0.1, 0.15) is 36.0 Å². The average molecular weight is 533 g/mol. The summed E-state index contributed by atoms with van der Waals surface area (Å²) in [6, 6.07) is 9.86. The normalized spacial score (nSPS) is 15.2. The molecular formula is C24H19BrF2N2O3S. The molecule has 2 aromatic carbocycles. The Morgan fingerprint density at radius 3 is 2.39 bits per heavy atom. The Hall–Kier alpha value is -2.91. The molecule has 9 heteroatoms. The van der Waals surface area contributed by atoms with Crippen molar-refractivity contribution in [1.82, 2.24) is 10.2 Å². The number of nitrogens with zero attached hydrogens (tertiary/aromatic N) is 1. The van der Waals surface area contributed by atoms with Gasteiger partial charge in [-0.2, -0.15) is 0 Å². The number of nitrogens with one attached hydrogen (secondary N) is 1. The van der Waals surface area contributed by atoms with Crippen molar-refractivity contribution in [3.63, 3.8) is 0 Å². The highest BCUT2D eigenvalue weighted by Crippen LogP contribution is 2.39. The third-order valence-corrected chi connectivity index (χ3v) is 7.79. The highest BCUT2D eigenvalue weighted by Gasteiger charge is 2.45. The molecule has 1 aliphatic rings. The average Bonchev–Trinajstić information content (AvgIpc) is 3.30. The van der Waals surface area contributed by atoms with Crippen molar-refractivity contribution in [2.75, 3.05) is 0 Å². The van der Waals surface area contributed by atoms with E-state index in [0.29, 0.717) is 25.4 Å². The maximum atomic E-state index is 15.0. The molecule has 0 unspecified atom stereocenters. The second kappa shape index (κ2) is 8.46. The third-order valence-electron chi connectivity index (χ3n) is 5.67. The SMILES string of the molecule is CC(=O)c1ccc(-c2cc(-c3c(F)ccc(CN4C(=O)NC(=O)C4(C)C)c3Br)ccc2F)s1. The molecule has 3 amide bonds. The summed E-state index contributed by atoms with van der Waals surface area (Å²) in [5, 5.41) is 2.29. The van der Waals surface area contributed by atoms with E-state index in [9.17, 15) is 23.2 Å². The zero-order chi connectivity index (χ0) is 24.1. The summed E-state index contributed by atoms with van der Waals surface area (Å²) in [4.78, 5) is 38.4. The highest BCUT2D eigenvalue weighted by molar-refractivity contribution is 9.10. The predicted molar refractivity (Wildman–Crippen MR) is 126 cm³/mol. The monoisotopic (exact) mass is 532 g/mol. The van der Waals surface area contributed by atoms with Gasteiger partial charge in [0.2, 0.25) is 0 Å². The van der Waals surface area contributed by atoms with Crippen molar-refractivity contribution in [2.45, 2.75) is 32.9 Å². The van der Waals surface area contributed by atoms with Gasteiger partial charge in [0.25, 0.3) is 5.91 Å². The number of imide groups is 1. The number of ketones is 1. The van der Waals surface area contributed by atoms with Gasteiger partial charge in [0.15, 0.2) is 5.78 Å². The number of halogens is 3. The van der Waals surface area contributed by atoms with Gasteiger partial charge in [-0.05, 0) is 78.2 Å². The quantitative estimate of drug-likeness (QED) is 0.316. The fourth-order valence-corrected chi connectivity index (χ4v) is 5.25. The van der Waals surface area contributed by atoms with Gasteiger partial charge in [0.1, 0.15) is 17.2 Å². The molecule has 0 saturated carbocycles. The maximum Gasteiger partial charge on any atom is 0.325 e. The predicted octanol–water partition coefficient (Wildman–Crippen LogP) is 6.16. The Kier molecular flexibility index (Phi) is 5.96. The summed E-state index contributed by atoms with van der Waals surface area (Å²) in [7, 11) is 0. The van der Waals surface area contributed by atoms with Crippen molar-refractivity contribution in [1.29, 1.82) is 0 Å². The lowest BCUT2D eigenvalue weighted by molar-refractivity contribution is -0.125. The van der Waals surface area contributed by atoms with Gasteiger partial charge >= 0.3 is 6.03 Å². The Morgan fingerprint density at radius 1 is 1.09 bits per heavy atom. The van der Waals surface area contributed by atoms with Gasteiger partial charge in [0, 0.05) is 27.0 Å². The van der Waals surface area contributed by atoms with Crippen molar-refractivity contribution in [3.05, 3.63) is 69.0 Å². The van der Waals surface area contributed by atoms with E-state index in [1.165, 1.54) is 53.5 Å². The van der Waals surface area contributed by atoms with Crippen LogP contribution in [0, 0.1) is 11.6 Å². The number of benzene rings is 2. The van der Waals surface area contributed by atoms with Crippen molar-refractivity contribution < 1.29 is 23.2 Å². The molecule has 1 aliphatic heterocycles. The minimum atomic E-state index is -1.05. The van der Waals surface area contributed by atoms with Gasteiger partial charge < -0.3 is 4.90 Å². The minimum Gasteiger partial charge on any atom is -0.306 e. The Morgan fingerprint density at radius 2 is 1.79 bits per heavy atom. The second-order valence-corrected chi connectivity index (χ2v) is 10.1. The first kappa shape index (κ1) is 23.3. The van der Waals surface area contributed by atoms with E-state index in [4.69, 9.17) is 0 Å². The highest BCUT2D eigenvalue weighted by atomic mass is 79.9. The van der Waals surface area contributed by atoms with Crippen LogP contribution in [0.4, 0.5) is 13.6 Å². The Balaban J connectivity index is 1.76. The smallest absolute Gasteiger partial charge is 0.306 e. The molecule has 1 aromatic heterocycles. The van der Waals surface area contributed by atoms with Crippen molar-refractivity contribution >= 4 is 45.0 Å². The van der Waals surface area contributed by atoms with Gasteiger partial charge in [0.05, 0.1) is 4.88 Å². The van der Waals surface area contributed by atoms with Gasteiger partial charge in [-0.15, -0.1) is 11.3 Å². The number of urea groups is 1. The van der Waals surface area contributed by atoms with E-state index in [1.807, 2.05) is 0 Å². The molecule has 5 nitrogen and oxygen atoms in total. The van der Waals surface area contributed by atoms with Crippen LogP contribution in [-0.2, 0) is 11.3 Å². The van der Waals surface area contributed by atoms with E-state index in [-0.39, 0.29) is 23.5 Å². The molecule has 0 bridgehead atoms. The summed E-state index contributed by atoms with van der Waals surface area (Å²) in [5.41, 5.74) is 0.428.